The highest BCUT2D eigenvalue weighted by atomic mass is 15.3. The highest BCUT2D eigenvalue weighted by Crippen LogP contribution is 2.36. The summed E-state index contributed by atoms with van der Waals surface area (Å²) >= 11 is 0. The molecule has 1 aliphatic heterocycles. The number of likely N-dealkylation sites (N-methyl/N-ethyl adjacent to an activating group) is 1. The van der Waals surface area contributed by atoms with Gasteiger partial charge in [-0.1, -0.05) is 44.5 Å². The second kappa shape index (κ2) is 7.24. The molecule has 0 aromatic heterocycles. The molecule has 2 nitrogen and oxygen atoms in total. The third-order valence-electron chi connectivity index (χ3n) is 4.64. The maximum absolute atomic E-state index is 2.71. The number of fused-ring (bicyclic) bond motifs is 1. The van der Waals surface area contributed by atoms with Gasteiger partial charge in [0.25, 0.3) is 0 Å². The summed E-state index contributed by atoms with van der Waals surface area (Å²) in [6, 6.07) is 7.71. The fourth-order valence-corrected chi connectivity index (χ4v) is 3.47. The van der Waals surface area contributed by atoms with Crippen molar-refractivity contribution >= 4 is 0 Å². The minimum atomic E-state index is 0.693. The summed E-state index contributed by atoms with van der Waals surface area (Å²) in [4.78, 5) is 5.26. The Balaban J connectivity index is 0.000000704. The first kappa shape index (κ1) is 15.5. The van der Waals surface area contributed by atoms with E-state index in [0.29, 0.717) is 6.04 Å². The minimum absolute atomic E-state index is 0.693. The number of nitrogens with zero attached hydrogens (tertiary/aromatic N) is 2. The molecule has 0 amide bonds. The van der Waals surface area contributed by atoms with Crippen LogP contribution in [-0.2, 0) is 6.42 Å². The molecule has 1 heterocycles. The Kier molecular flexibility index (Phi) is 5.62. The molecule has 1 aromatic rings. The van der Waals surface area contributed by atoms with E-state index in [0.717, 1.165) is 0 Å². The molecule has 112 valence electrons. The normalized spacial score (nSPS) is 23.1. The topological polar surface area (TPSA) is 6.48 Å². The van der Waals surface area contributed by atoms with E-state index in [4.69, 9.17) is 0 Å². The van der Waals surface area contributed by atoms with E-state index in [1.54, 1.807) is 11.1 Å². The summed E-state index contributed by atoms with van der Waals surface area (Å²) in [5.41, 5.74) is 4.61. The van der Waals surface area contributed by atoms with E-state index in [-0.39, 0.29) is 0 Å². The molecular weight excluding hydrogens is 244 g/mol. The van der Waals surface area contributed by atoms with Gasteiger partial charge in [0.15, 0.2) is 0 Å². The van der Waals surface area contributed by atoms with Crippen molar-refractivity contribution in [3.63, 3.8) is 0 Å². The largest absolute Gasteiger partial charge is 0.301 e. The molecule has 0 N–H and O–H groups in total. The van der Waals surface area contributed by atoms with Gasteiger partial charge in [0, 0.05) is 32.2 Å². The van der Waals surface area contributed by atoms with Crippen LogP contribution in [0.1, 0.15) is 49.9 Å². The van der Waals surface area contributed by atoms with Crippen molar-refractivity contribution in [2.45, 2.75) is 46.6 Å². The predicted octanol–water partition coefficient (Wildman–Crippen LogP) is 3.65. The lowest BCUT2D eigenvalue weighted by Gasteiger charge is -2.38. The van der Waals surface area contributed by atoms with Gasteiger partial charge in [0.1, 0.15) is 0 Å². The first-order valence-corrected chi connectivity index (χ1v) is 8.33. The smallest absolute Gasteiger partial charge is 0.0355 e. The molecule has 20 heavy (non-hydrogen) atoms. The van der Waals surface area contributed by atoms with Crippen LogP contribution in [0.25, 0.3) is 0 Å². The Labute approximate surface area is 124 Å². The Morgan fingerprint density at radius 1 is 1.10 bits per heavy atom. The maximum Gasteiger partial charge on any atom is 0.0355 e. The van der Waals surface area contributed by atoms with Crippen LogP contribution in [0, 0.1) is 6.92 Å². The Bertz CT molecular complexity index is 419. The van der Waals surface area contributed by atoms with Gasteiger partial charge >= 0.3 is 0 Å². The summed E-state index contributed by atoms with van der Waals surface area (Å²) in [5.74, 6) is 0. The Morgan fingerprint density at radius 3 is 2.45 bits per heavy atom. The minimum Gasteiger partial charge on any atom is -0.301 e. The second-order valence-electron chi connectivity index (χ2n) is 5.73. The summed E-state index contributed by atoms with van der Waals surface area (Å²) in [6.45, 7) is 14.7. The SMILES string of the molecule is CC.CCN1CCN(C2CCc3ccc(C)cc32)CC1. The highest BCUT2D eigenvalue weighted by molar-refractivity contribution is 5.37. The van der Waals surface area contributed by atoms with Crippen LogP contribution in [0.4, 0.5) is 0 Å². The Morgan fingerprint density at radius 2 is 1.80 bits per heavy atom. The zero-order valence-electron chi connectivity index (χ0n) is 13.7. The van der Waals surface area contributed by atoms with Gasteiger partial charge < -0.3 is 4.90 Å². The average molecular weight is 274 g/mol. The molecule has 1 aliphatic carbocycles. The van der Waals surface area contributed by atoms with Crippen LogP contribution in [0.2, 0.25) is 0 Å². The van der Waals surface area contributed by atoms with E-state index >= 15 is 0 Å². The van der Waals surface area contributed by atoms with Crippen LogP contribution < -0.4 is 0 Å². The van der Waals surface area contributed by atoms with Gasteiger partial charge in [0.05, 0.1) is 0 Å². The van der Waals surface area contributed by atoms with E-state index in [1.807, 2.05) is 13.8 Å². The fraction of sp³-hybridized carbons (Fsp3) is 0.667. The van der Waals surface area contributed by atoms with Crippen LogP contribution in [0.3, 0.4) is 0 Å². The van der Waals surface area contributed by atoms with Gasteiger partial charge in [0.2, 0.25) is 0 Å². The highest BCUT2D eigenvalue weighted by Gasteiger charge is 2.29. The number of hydrogen-bond donors (Lipinski definition) is 0. The molecule has 0 saturated carbocycles. The first-order chi connectivity index (χ1) is 9.78. The lowest BCUT2D eigenvalue weighted by molar-refractivity contribution is 0.0994. The molecule has 1 saturated heterocycles. The third kappa shape index (κ3) is 3.24. The van der Waals surface area contributed by atoms with E-state index in [1.165, 1.54) is 51.1 Å². The molecular formula is C18H30N2. The molecule has 0 bridgehead atoms. The van der Waals surface area contributed by atoms with Crippen LogP contribution in [0.5, 0.6) is 0 Å². The van der Waals surface area contributed by atoms with Gasteiger partial charge in [-0.2, -0.15) is 0 Å². The standard InChI is InChI=1S/C16H24N2.C2H6/c1-3-17-8-10-18(11-9-17)16-7-6-14-5-4-13(2)12-15(14)16;1-2/h4-5,12,16H,3,6-11H2,1-2H3;1-2H3. The summed E-state index contributed by atoms with van der Waals surface area (Å²) in [5, 5.41) is 0. The summed E-state index contributed by atoms with van der Waals surface area (Å²) in [7, 11) is 0. The van der Waals surface area contributed by atoms with Crippen LogP contribution in [0.15, 0.2) is 18.2 Å². The molecule has 2 heteroatoms. The number of rotatable bonds is 2. The average Bonchev–Trinajstić information content (AvgIpc) is 2.92. The Hall–Kier alpha value is -0.860. The lowest BCUT2D eigenvalue weighted by atomic mass is 10.0. The van der Waals surface area contributed by atoms with Gasteiger partial charge in [-0.15, -0.1) is 0 Å². The second-order valence-corrected chi connectivity index (χ2v) is 5.73. The van der Waals surface area contributed by atoms with E-state index < -0.39 is 0 Å². The van der Waals surface area contributed by atoms with E-state index in [2.05, 4.69) is 41.8 Å². The number of benzene rings is 1. The molecule has 1 fully saturated rings. The van der Waals surface area contributed by atoms with Crippen molar-refractivity contribution in [1.29, 1.82) is 0 Å². The third-order valence-corrected chi connectivity index (χ3v) is 4.64. The number of piperazine rings is 1. The van der Waals surface area contributed by atoms with Crippen LogP contribution in [-0.4, -0.2) is 42.5 Å². The zero-order valence-corrected chi connectivity index (χ0v) is 13.7. The fourth-order valence-electron chi connectivity index (χ4n) is 3.47. The zero-order chi connectivity index (χ0) is 14.5. The molecule has 2 aliphatic rings. The molecule has 0 radical (unpaired) electrons. The van der Waals surface area contributed by atoms with Gasteiger partial charge in [-0.3, -0.25) is 4.90 Å². The molecule has 3 rings (SSSR count). The molecule has 0 spiro atoms. The van der Waals surface area contributed by atoms with Crippen molar-refractivity contribution in [1.82, 2.24) is 9.80 Å². The van der Waals surface area contributed by atoms with Gasteiger partial charge in [-0.05, 0) is 37.4 Å². The maximum atomic E-state index is 2.71. The quantitative estimate of drug-likeness (QED) is 0.812. The molecule has 1 aromatic carbocycles. The first-order valence-electron chi connectivity index (χ1n) is 8.33. The van der Waals surface area contributed by atoms with E-state index in [9.17, 15) is 0 Å². The van der Waals surface area contributed by atoms with Crippen molar-refractivity contribution in [3.8, 4) is 0 Å². The van der Waals surface area contributed by atoms with Gasteiger partial charge in [-0.25, -0.2) is 0 Å². The molecule has 1 atom stereocenters. The predicted molar refractivity (Wildman–Crippen MR) is 87.3 cm³/mol. The monoisotopic (exact) mass is 274 g/mol. The van der Waals surface area contributed by atoms with Crippen molar-refractivity contribution < 1.29 is 0 Å². The molecule has 1 unspecified atom stereocenters. The van der Waals surface area contributed by atoms with Crippen molar-refractivity contribution in [2.24, 2.45) is 0 Å². The van der Waals surface area contributed by atoms with Crippen LogP contribution >= 0.6 is 0 Å². The summed E-state index contributed by atoms with van der Waals surface area (Å²) < 4.78 is 0. The lowest BCUT2D eigenvalue weighted by Crippen LogP contribution is -2.47. The number of hydrogen-bond acceptors (Lipinski definition) is 2. The van der Waals surface area contributed by atoms with Crippen molar-refractivity contribution in [3.05, 3.63) is 34.9 Å². The number of aryl methyl sites for hydroxylation is 2. The summed E-state index contributed by atoms with van der Waals surface area (Å²) in [6.07, 6.45) is 2.60. The van der Waals surface area contributed by atoms with Crippen molar-refractivity contribution in [2.75, 3.05) is 32.7 Å².